The summed E-state index contributed by atoms with van der Waals surface area (Å²) in [5.74, 6) is -2.94. The molecule has 0 aromatic heterocycles. The first kappa shape index (κ1) is 15.6. The number of halogens is 2. The number of aromatic carboxylic acids is 1. The van der Waals surface area contributed by atoms with Gasteiger partial charge in [0, 0.05) is 11.6 Å². The number of carboxylic acid groups (broad SMARTS) is 1. The van der Waals surface area contributed by atoms with Crippen LogP contribution in [0.5, 0.6) is 0 Å². The maximum Gasteiger partial charge on any atom is 0.338 e. The van der Waals surface area contributed by atoms with Crippen LogP contribution in [0.2, 0.25) is 5.02 Å². The van der Waals surface area contributed by atoms with Gasteiger partial charge in [0.15, 0.2) is 5.82 Å². The minimum atomic E-state index is -4.16. The standard InChI is InChI=1S/C11H11ClFNO4S/c1-2-3-4-14-19(17,18)9-6-7(12)5-8(10(9)13)11(15)16/h2,5-6,14H,1,3-4H2,(H,15,16). The van der Waals surface area contributed by atoms with Gasteiger partial charge in [0.05, 0.1) is 5.56 Å². The summed E-state index contributed by atoms with van der Waals surface area (Å²) in [6.45, 7) is 3.44. The Morgan fingerprint density at radius 1 is 1.53 bits per heavy atom. The normalized spacial score (nSPS) is 11.3. The van der Waals surface area contributed by atoms with E-state index in [0.717, 1.165) is 12.1 Å². The van der Waals surface area contributed by atoms with Crippen molar-refractivity contribution in [1.82, 2.24) is 4.72 Å². The van der Waals surface area contributed by atoms with Crippen molar-refractivity contribution in [2.45, 2.75) is 11.3 Å². The van der Waals surface area contributed by atoms with Crippen molar-refractivity contribution in [2.75, 3.05) is 6.54 Å². The van der Waals surface area contributed by atoms with Gasteiger partial charge in [-0.15, -0.1) is 6.58 Å². The zero-order valence-electron chi connectivity index (χ0n) is 9.69. The van der Waals surface area contributed by atoms with E-state index in [1.807, 2.05) is 0 Å². The molecule has 1 aromatic rings. The highest BCUT2D eigenvalue weighted by Gasteiger charge is 2.24. The molecule has 0 aliphatic heterocycles. The molecular formula is C11H11ClFNO4S. The Hall–Kier alpha value is -1.44. The van der Waals surface area contributed by atoms with Crippen LogP contribution in [0.1, 0.15) is 16.8 Å². The first-order valence-corrected chi connectivity index (χ1v) is 6.98. The second-order valence-corrected chi connectivity index (χ2v) is 5.72. The van der Waals surface area contributed by atoms with Crippen molar-refractivity contribution >= 4 is 27.6 Å². The summed E-state index contributed by atoms with van der Waals surface area (Å²) in [6.07, 6.45) is 1.84. The van der Waals surface area contributed by atoms with Gasteiger partial charge in [0.2, 0.25) is 10.0 Å². The summed E-state index contributed by atoms with van der Waals surface area (Å²) in [5.41, 5.74) is -0.795. The van der Waals surface area contributed by atoms with E-state index in [9.17, 15) is 17.6 Å². The molecule has 1 aromatic carbocycles. The molecule has 0 saturated heterocycles. The number of rotatable bonds is 6. The molecule has 2 N–H and O–H groups in total. The molecule has 8 heteroatoms. The van der Waals surface area contributed by atoms with E-state index in [4.69, 9.17) is 16.7 Å². The van der Waals surface area contributed by atoms with Crippen LogP contribution in [0.3, 0.4) is 0 Å². The molecule has 0 fully saturated rings. The molecule has 0 spiro atoms. The van der Waals surface area contributed by atoms with Gasteiger partial charge < -0.3 is 5.11 Å². The van der Waals surface area contributed by atoms with E-state index in [1.54, 1.807) is 0 Å². The lowest BCUT2D eigenvalue weighted by Gasteiger charge is -2.09. The molecule has 5 nitrogen and oxygen atoms in total. The van der Waals surface area contributed by atoms with Crippen molar-refractivity contribution in [3.05, 3.63) is 41.2 Å². The Labute approximate surface area is 114 Å². The first-order chi connectivity index (χ1) is 8.79. The summed E-state index contributed by atoms with van der Waals surface area (Å²) >= 11 is 5.60. The van der Waals surface area contributed by atoms with Gasteiger partial charge in [0.1, 0.15) is 4.90 Å². The van der Waals surface area contributed by atoms with Crippen LogP contribution in [-0.2, 0) is 10.0 Å². The van der Waals surface area contributed by atoms with Crippen molar-refractivity contribution in [3.8, 4) is 0 Å². The zero-order valence-corrected chi connectivity index (χ0v) is 11.3. The first-order valence-electron chi connectivity index (χ1n) is 5.12. The van der Waals surface area contributed by atoms with Gasteiger partial charge in [0.25, 0.3) is 0 Å². The highest BCUT2D eigenvalue weighted by Crippen LogP contribution is 2.23. The molecule has 0 aliphatic carbocycles. The molecule has 0 aliphatic rings. The lowest BCUT2D eigenvalue weighted by Crippen LogP contribution is -2.26. The molecular weight excluding hydrogens is 297 g/mol. The molecule has 19 heavy (non-hydrogen) atoms. The van der Waals surface area contributed by atoms with Crippen molar-refractivity contribution in [2.24, 2.45) is 0 Å². The fraction of sp³-hybridized carbons (Fsp3) is 0.182. The molecule has 0 amide bonds. The average molecular weight is 308 g/mol. The van der Waals surface area contributed by atoms with Crippen LogP contribution in [0.4, 0.5) is 4.39 Å². The SMILES string of the molecule is C=CCCNS(=O)(=O)c1cc(Cl)cc(C(=O)O)c1F. The van der Waals surface area contributed by atoms with E-state index in [0.29, 0.717) is 6.42 Å². The number of hydrogen-bond acceptors (Lipinski definition) is 3. The van der Waals surface area contributed by atoms with Gasteiger partial charge in [-0.2, -0.15) is 0 Å². The maximum atomic E-state index is 13.8. The molecule has 0 bridgehead atoms. The van der Waals surface area contributed by atoms with Gasteiger partial charge in [-0.1, -0.05) is 17.7 Å². The molecule has 0 unspecified atom stereocenters. The number of nitrogens with one attached hydrogen (secondary N) is 1. The van der Waals surface area contributed by atoms with Gasteiger partial charge in [-0.05, 0) is 18.6 Å². The summed E-state index contributed by atoms with van der Waals surface area (Å²) < 4.78 is 39.6. The van der Waals surface area contributed by atoms with Crippen LogP contribution < -0.4 is 4.72 Å². The average Bonchev–Trinajstić information content (AvgIpc) is 2.31. The molecule has 0 saturated carbocycles. The van der Waals surface area contributed by atoms with E-state index < -0.39 is 32.3 Å². The van der Waals surface area contributed by atoms with E-state index in [-0.39, 0.29) is 11.6 Å². The Morgan fingerprint density at radius 2 is 2.16 bits per heavy atom. The lowest BCUT2D eigenvalue weighted by molar-refractivity contribution is 0.0691. The van der Waals surface area contributed by atoms with Crippen LogP contribution >= 0.6 is 11.6 Å². The topological polar surface area (TPSA) is 83.5 Å². The molecule has 0 radical (unpaired) electrons. The summed E-state index contributed by atoms with van der Waals surface area (Å²) in [4.78, 5) is 10.00. The molecule has 0 atom stereocenters. The van der Waals surface area contributed by atoms with Crippen molar-refractivity contribution in [3.63, 3.8) is 0 Å². The molecule has 104 valence electrons. The third kappa shape index (κ3) is 3.76. The fourth-order valence-corrected chi connectivity index (χ4v) is 2.74. The van der Waals surface area contributed by atoms with Crippen molar-refractivity contribution < 1.29 is 22.7 Å². The number of hydrogen-bond donors (Lipinski definition) is 2. The van der Waals surface area contributed by atoms with Crippen LogP contribution in [0, 0.1) is 5.82 Å². The van der Waals surface area contributed by atoms with E-state index in [2.05, 4.69) is 11.3 Å². The highest BCUT2D eigenvalue weighted by atomic mass is 35.5. The van der Waals surface area contributed by atoms with Crippen LogP contribution in [-0.4, -0.2) is 26.0 Å². The molecule has 1 rings (SSSR count). The summed E-state index contributed by atoms with van der Waals surface area (Å²) in [6, 6.07) is 1.71. The number of benzene rings is 1. The summed E-state index contributed by atoms with van der Waals surface area (Å²) in [7, 11) is -4.16. The Bertz CT molecular complexity index is 615. The summed E-state index contributed by atoms with van der Waals surface area (Å²) in [5, 5.41) is 8.59. The third-order valence-corrected chi connectivity index (χ3v) is 3.84. The predicted molar refractivity (Wildman–Crippen MR) is 68.4 cm³/mol. The predicted octanol–water partition coefficient (Wildman–Crippen LogP) is 2.03. The minimum absolute atomic E-state index is 0.0280. The minimum Gasteiger partial charge on any atom is -0.478 e. The lowest BCUT2D eigenvalue weighted by atomic mass is 10.2. The van der Waals surface area contributed by atoms with Gasteiger partial charge in [-0.3, -0.25) is 0 Å². The van der Waals surface area contributed by atoms with Crippen LogP contribution in [0.15, 0.2) is 29.7 Å². The largest absolute Gasteiger partial charge is 0.478 e. The smallest absolute Gasteiger partial charge is 0.338 e. The fourth-order valence-electron chi connectivity index (χ4n) is 1.29. The maximum absolute atomic E-state index is 13.8. The Morgan fingerprint density at radius 3 is 2.68 bits per heavy atom. The number of carboxylic acids is 1. The van der Waals surface area contributed by atoms with Crippen molar-refractivity contribution in [1.29, 1.82) is 0 Å². The number of carbonyl (C=O) groups is 1. The quantitative estimate of drug-likeness (QED) is 0.622. The Kier molecular flexibility index (Phi) is 5.04. The molecule has 0 heterocycles. The monoisotopic (exact) mass is 307 g/mol. The van der Waals surface area contributed by atoms with Gasteiger partial charge >= 0.3 is 5.97 Å². The van der Waals surface area contributed by atoms with E-state index in [1.165, 1.54) is 6.08 Å². The van der Waals surface area contributed by atoms with Crippen LogP contribution in [0.25, 0.3) is 0 Å². The number of sulfonamides is 1. The third-order valence-electron chi connectivity index (χ3n) is 2.16. The second kappa shape index (κ2) is 6.14. The van der Waals surface area contributed by atoms with Gasteiger partial charge in [-0.25, -0.2) is 22.3 Å². The second-order valence-electron chi connectivity index (χ2n) is 3.55. The highest BCUT2D eigenvalue weighted by molar-refractivity contribution is 7.89. The Balaban J connectivity index is 3.26. The zero-order chi connectivity index (χ0) is 14.6. The van der Waals surface area contributed by atoms with E-state index >= 15 is 0 Å².